The van der Waals surface area contributed by atoms with Gasteiger partial charge in [0.05, 0.1) is 6.20 Å². The van der Waals surface area contributed by atoms with E-state index in [1.165, 1.54) is 6.92 Å². The number of rotatable bonds is 1. The Morgan fingerprint density at radius 1 is 1.46 bits per heavy atom. The molecule has 1 aromatic heterocycles. The molecule has 0 bridgehead atoms. The summed E-state index contributed by atoms with van der Waals surface area (Å²) in [7, 11) is -5.27. The van der Waals surface area contributed by atoms with Crippen molar-refractivity contribution in [3.8, 4) is 0 Å². The van der Waals surface area contributed by atoms with Crippen LogP contribution in [0.25, 0.3) is 0 Å². The van der Waals surface area contributed by atoms with Crippen LogP contribution in [0.3, 0.4) is 0 Å². The standard InChI is InChI=1S/C5H5F3N2O2S/c1-3-9-2-4(10-3)13(11,12)5(6,7)8/h2H,1H3,(H,9,10). The summed E-state index contributed by atoms with van der Waals surface area (Å²) in [5, 5.41) is -0.933. The van der Waals surface area contributed by atoms with Gasteiger partial charge in [-0.3, -0.25) is 0 Å². The number of nitrogens with one attached hydrogen (secondary N) is 1. The molecule has 0 atom stereocenters. The minimum atomic E-state index is -5.29. The minimum absolute atomic E-state index is 0.114. The second-order valence-corrected chi connectivity index (χ2v) is 4.19. The summed E-state index contributed by atoms with van der Waals surface area (Å²) in [5.41, 5.74) is -5.29. The average Bonchev–Trinajstić information content (AvgIpc) is 2.33. The van der Waals surface area contributed by atoms with E-state index < -0.39 is 20.4 Å². The summed E-state index contributed by atoms with van der Waals surface area (Å²) in [6, 6.07) is 0. The molecule has 0 unspecified atom stereocenters. The molecule has 13 heavy (non-hydrogen) atoms. The molecule has 0 saturated carbocycles. The van der Waals surface area contributed by atoms with E-state index in [1.807, 2.05) is 4.98 Å². The molecule has 1 heterocycles. The molecule has 1 aromatic rings. The number of hydrogen-bond acceptors (Lipinski definition) is 3. The van der Waals surface area contributed by atoms with Crippen LogP contribution in [0, 0.1) is 6.92 Å². The fraction of sp³-hybridized carbons (Fsp3) is 0.400. The molecule has 74 valence electrons. The summed E-state index contributed by atoms with van der Waals surface area (Å²) < 4.78 is 57.0. The Bertz CT molecular complexity index is 406. The van der Waals surface area contributed by atoms with Gasteiger partial charge in [0.2, 0.25) is 0 Å². The highest BCUT2D eigenvalue weighted by Gasteiger charge is 2.47. The van der Waals surface area contributed by atoms with Gasteiger partial charge < -0.3 is 4.98 Å². The van der Waals surface area contributed by atoms with Crippen molar-refractivity contribution >= 4 is 9.84 Å². The molecule has 0 aliphatic rings. The first-order chi connectivity index (χ1) is 5.75. The molecule has 0 spiro atoms. The van der Waals surface area contributed by atoms with Crippen LogP contribution >= 0.6 is 0 Å². The maximum atomic E-state index is 11.9. The van der Waals surface area contributed by atoms with Crippen molar-refractivity contribution in [2.75, 3.05) is 0 Å². The Morgan fingerprint density at radius 3 is 2.31 bits per heavy atom. The predicted octanol–water partition coefficient (Wildman–Crippen LogP) is 1.01. The predicted molar refractivity (Wildman–Crippen MR) is 36.6 cm³/mol. The molecule has 0 aromatic carbocycles. The number of hydrogen-bond donors (Lipinski definition) is 1. The van der Waals surface area contributed by atoms with E-state index in [9.17, 15) is 21.6 Å². The highest BCUT2D eigenvalue weighted by molar-refractivity contribution is 7.92. The molecule has 0 aliphatic carbocycles. The van der Waals surface area contributed by atoms with Gasteiger partial charge in [0.1, 0.15) is 5.82 Å². The van der Waals surface area contributed by atoms with Gasteiger partial charge in [-0.05, 0) is 6.92 Å². The van der Waals surface area contributed by atoms with Gasteiger partial charge in [-0.2, -0.15) is 13.2 Å². The summed E-state index contributed by atoms with van der Waals surface area (Å²) in [5.74, 6) is 0.114. The van der Waals surface area contributed by atoms with Gasteiger partial charge >= 0.3 is 5.51 Å². The average molecular weight is 214 g/mol. The fourth-order valence-corrected chi connectivity index (χ4v) is 1.38. The Balaban J connectivity index is 3.24. The van der Waals surface area contributed by atoms with Crippen molar-refractivity contribution in [1.29, 1.82) is 0 Å². The number of H-pyrrole nitrogens is 1. The normalized spacial score (nSPS) is 13.2. The molecule has 0 amide bonds. The Kier molecular flexibility index (Phi) is 2.10. The molecular weight excluding hydrogens is 209 g/mol. The molecule has 1 rings (SSSR count). The third-order valence-electron chi connectivity index (χ3n) is 1.27. The molecule has 0 radical (unpaired) electrons. The van der Waals surface area contributed by atoms with E-state index in [0.717, 1.165) is 0 Å². The lowest BCUT2D eigenvalue weighted by Crippen LogP contribution is -2.23. The van der Waals surface area contributed by atoms with Crippen molar-refractivity contribution in [3.63, 3.8) is 0 Å². The number of imidazole rings is 1. The van der Waals surface area contributed by atoms with Crippen molar-refractivity contribution in [3.05, 3.63) is 12.0 Å². The van der Waals surface area contributed by atoms with E-state index >= 15 is 0 Å². The third-order valence-corrected chi connectivity index (χ3v) is 2.67. The largest absolute Gasteiger partial charge is 0.503 e. The first-order valence-corrected chi connectivity index (χ1v) is 4.56. The number of aromatic amines is 1. The monoisotopic (exact) mass is 214 g/mol. The summed E-state index contributed by atoms with van der Waals surface area (Å²) in [6.07, 6.45) is 0.637. The Morgan fingerprint density at radius 2 is 2.00 bits per heavy atom. The van der Waals surface area contributed by atoms with Crippen LogP contribution in [0.4, 0.5) is 13.2 Å². The van der Waals surface area contributed by atoms with Crippen molar-refractivity contribution in [2.24, 2.45) is 0 Å². The Hall–Kier alpha value is -1.05. The smallest absolute Gasteiger partial charge is 0.333 e. The molecule has 0 fully saturated rings. The van der Waals surface area contributed by atoms with E-state index in [1.54, 1.807) is 0 Å². The first-order valence-electron chi connectivity index (χ1n) is 3.08. The van der Waals surface area contributed by atoms with Crippen LogP contribution in [0.2, 0.25) is 0 Å². The molecule has 0 aliphatic heterocycles. The van der Waals surface area contributed by atoms with E-state index in [0.29, 0.717) is 6.20 Å². The lowest BCUT2D eigenvalue weighted by molar-refractivity contribution is -0.0437. The maximum Gasteiger partial charge on any atom is 0.503 e. The lowest BCUT2D eigenvalue weighted by Gasteiger charge is -2.04. The minimum Gasteiger partial charge on any atom is -0.333 e. The van der Waals surface area contributed by atoms with E-state index in [-0.39, 0.29) is 5.82 Å². The molecule has 1 N–H and O–H groups in total. The number of sulfone groups is 1. The van der Waals surface area contributed by atoms with Gasteiger partial charge in [-0.25, -0.2) is 13.4 Å². The molecule has 0 saturated heterocycles. The summed E-state index contributed by atoms with van der Waals surface area (Å²) in [6.45, 7) is 1.36. The lowest BCUT2D eigenvalue weighted by atomic mass is 10.8. The van der Waals surface area contributed by atoms with E-state index in [4.69, 9.17) is 0 Å². The number of aromatic nitrogens is 2. The van der Waals surface area contributed by atoms with Crippen LogP contribution in [0.1, 0.15) is 5.82 Å². The third kappa shape index (κ3) is 1.67. The first kappa shape index (κ1) is 10.0. The zero-order valence-electron chi connectivity index (χ0n) is 6.38. The zero-order chi connectivity index (χ0) is 10.3. The zero-order valence-corrected chi connectivity index (χ0v) is 7.20. The van der Waals surface area contributed by atoms with Crippen molar-refractivity contribution in [2.45, 2.75) is 17.5 Å². The highest BCUT2D eigenvalue weighted by Crippen LogP contribution is 2.28. The number of nitrogens with zero attached hydrogens (tertiary/aromatic N) is 1. The van der Waals surface area contributed by atoms with Crippen LogP contribution in [-0.4, -0.2) is 23.9 Å². The molecule has 8 heteroatoms. The van der Waals surface area contributed by atoms with Gasteiger partial charge in [0.25, 0.3) is 9.84 Å². The second-order valence-electron chi connectivity index (χ2n) is 2.28. The highest BCUT2D eigenvalue weighted by atomic mass is 32.2. The van der Waals surface area contributed by atoms with Gasteiger partial charge in [-0.15, -0.1) is 0 Å². The molecular formula is C5H5F3N2O2S. The maximum absolute atomic E-state index is 11.9. The van der Waals surface area contributed by atoms with Crippen molar-refractivity contribution in [1.82, 2.24) is 9.97 Å². The SMILES string of the molecule is Cc1ncc(S(=O)(=O)C(F)(F)F)[nH]1. The fourth-order valence-electron chi connectivity index (χ4n) is 0.660. The second kappa shape index (κ2) is 2.72. The topological polar surface area (TPSA) is 62.8 Å². The van der Waals surface area contributed by atoms with Crippen LogP contribution in [-0.2, 0) is 9.84 Å². The molecule has 4 nitrogen and oxygen atoms in total. The van der Waals surface area contributed by atoms with Gasteiger partial charge in [-0.1, -0.05) is 0 Å². The number of aryl methyl sites for hydroxylation is 1. The van der Waals surface area contributed by atoms with Gasteiger partial charge in [0, 0.05) is 0 Å². The summed E-state index contributed by atoms with van der Waals surface area (Å²) in [4.78, 5) is 5.37. The number of alkyl halides is 3. The van der Waals surface area contributed by atoms with Crippen LogP contribution in [0.15, 0.2) is 11.2 Å². The van der Waals surface area contributed by atoms with E-state index in [2.05, 4.69) is 4.98 Å². The summed E-state index contributed by atoms with van der Waals surface area (Å²) >= 11 is 0. The van der Waals surface area contributed by atoms with Crippen molar-refractivity contribution < 1.29 is 21.6 Å². The van der Waals surface area contributed by atoms with Crippen LogP contribution < -0.4 is 0 Å². The van der Waals surface area contributed by atoms with Gasteiger partial charge in [0.15, 0.2) is 5.03 Å². The quantitative estimate of drug-likeness (QED) is 0.758. The van der Waals surface area contributed by atoms with Crippen LogP contribution in [0.5, 0.6) is 0 Å². The Labute approximate surface area is 71.7 Å². The number of halogens is 3.